The topological polar surface area (TPSA) is 29.4 Å². The van der Waals surface area contributed by atoms with Crippen molar-refractivity contribution in [2.45, 2.75) is 0 Å². The van der Waals surface area contributed by atoms with Crippen LogP contribution in [0.1, 0.15) is 0 Å². The third kappa shape index (κ3) is 1.15. The predicted molar refractivity (Wildman–Crippen MR) is 31.7 cm³/mol. The summed E-state index contributed by atoms with van der Waals surface area (Å²) in [4.78, 5) is 9.70. The number of hydrogen-bond acceptors (Lipinski definition) is 2. The molecule has 0 N–H and O–H groups in total. The van der Waals surface area contributed by atoms with Crippen molar-refractivity contribution >= 4 is 5.69 Å². The molecule has 0 fully saturated rings. The molecule has 0 aliphatic rings. The molecule has 0 aliphatic heterocycles. The first-order valence-electron chi connectivity index (χ1n) is 2.74. The zero-order valence-corrected chi connectivity index (χ0v) is 5.44. The van der Waals surface area contributed by atoms with Gasteiger partial charge in [-0.25, -0.2) is 17.6 Å². The van der Waals surface area contributed by atoms with E-state index in [4.69, 9.17) is 0 Å². The van der Waals surface area contributed by atoms with Gasteiger partial charge < -0.3 is 0 Å². The van der Waals surface area contributed by atoms with Gasteiger partial charge in [0.2, 0.25) is 0 Å². The second-order valence-corrected chi connectivity index (χ2v) is 1.91. The SMILES string of the molecule is O=Nc1cc(F)c(F)c(F)c1F. The lowest BCUT2D eigenvalue weighted by molar-refractivity contribution is 0.410. The summed E-state index contributed by atoms with van der Waals surface area (Å²) >= 11 is 0. The summed E-state index contributed by atoms with van der Waals surface area (Å²) in [6.07, 6.45) is 0. The third-order valence-electron chi connectivity index (χ3n) is 1.18. The Morgan fingerprint density at radius 2 is 1.58 bits per heavy atom. The molecule has 1 aromatic carbocycles. The van der Waals surface area contributed by atoms with Crippen molar-refractivity contribution in [3.8, 4) is 0 Å². The number of hydrogen-bond donors (Lipinski definition) is 0. The molecule has 0 saturated carbocycles. The predicted octanol–water partition coefficient (Wildman–Crippen LogP) is 2.64. The van der Waals surface area contributed by atoms with Crippen molar-refractivity contribution in [2.75, 3.05) is 0 Å². The van der Waals surface area contributed by atoms with Crippen molar-refractivity contribution in [1.29, 1.82) is 0 Å². The molecule has 0 aliphatic carbocycles. The van der Waals surface area contributed by atoms with Crippen molar-refractivity contribution in [1.82, 2.24) is 0 Å². The maximum atomic E-state index is 12.4. The highest BCUT2D eigenvalue weighted by Gasteiger charge is 2.18. The Balaban J connectivity index is 3.49. The minimum absolute atomic E-state index is 0.181. The largest absolute Gasteiger partial charge is 0.204 e. The molecule has 0 amide bonds. The Hall–Kier alpha value is -1.46. The van der Waals surface area contributed by atoms with Gasteiger partial charge in [0.05, 0.1) is 0 Å². The van der Waals surface area contributed by atoms with Crippen LogP contribution < -0.4 is 0 Å². The maximum absolute atomic E-state index is 12.4. The van der Waals surface area contributed by atoms with Crippen LogP contribution in [-0.4, -0.2) is 0 Å². The molecule has 0 unspecified atom stereocenters. The minimum atomic E-state index is -2.04. The number of nitroso groups, excluding NO2 is 1. The van der Waals surface area contributed by atoms with Crippen molar-refractivity contribution < 1.29 is 17.6 Å². The van der Waals surface area contributed by atoms with Crippen LogP contribution in [0.2, 0.25) is 0 Å². The van der Waals surface area contributed by atoms with Crippen LogP contribution in [-0.2, 0) is 0 Å². The van der Waals surface area contributed by atoms with E-state index in [9.17, 15) is 22.5 Å². The summed E-state index contributed by atoms with van der Waals surface area (Å²) in [5.41, 5.74) is -1.09. The molecule has 64 valence electrons. The molecular formula is C6HF4NO. The van der Waals surface area contributed by atoms with E-state index >= 15 is 0 Å². The summed E-state index contributed by atoms with van der Waals surface area (Å²) in [6.45, 7) is 0. The summed E-state index contributed by atoms with van der Waals surface area (Å²) in [5.74, 6) is -7.43. The summed E-state index contributed by atoms with van der Waals surface area (Å²) in [7, 11) is 0. The van der Waals surface area contributed by atoms with E-state index in [0.717, 1.165) is 0 Å². The molecule has 0 heterocycles. The Morgan fingerprint density at radius 3 is 2.08 bits per heavy atom. The van der Waals surface area contributed by atoms with Gasteiger partial charge in [0, 0.05) is 6.07 Å². The van der Waals surface area contributed by atoms with Gasteiger partial charge >= 0.3 is 0 Å². The zero-order valence-electron chi connectivity index (χ0n) is 5.44. The van der Waals surface area contributed by atoms with Gasteiger partial charge in [-0.15, -0.1) is 4.91 Å². The van der Waals surface area contributed by atoms with Crippen molar-refractivity contribution in [2.24, 2.45) is 5.18 Å². The molecule has 0 radical (unpaired) electrons. The third-order valence-corrected chi connectivity index (χ3v) is 1.18. The zero-order chi connectivity index (χ0) is 9.30. The number of nitrogens with zero attached hydrogens (tertiary/aromatic N) is 1. The average molecular weight is 179 g/mol. The van der Waals surface area contributed by atoms with E-state index in [1.807, 2.05) is 5.18 Å². The normalized spacial score (nSPS) is 10.0. The van der Waals surface area contributed by atoms with E-state index in [-0.39, 0.29) is 6.07 Å². The van der Waals surface area contributed by atoms with Gasteiger partial charge in [-0.05, 0) is 5.18 Å². The van der Waals surface area contributed by atoms with Crippen molar-refractivity contribution in [3.05, 3.63) is 34.2 Å². The fourth-order valence-corrected chi connectivity index (χ4v) is 0.627. The molecule has 2 nitrogen and oxygen atoms in total. The standard InChI is InChI=1S/C6HF4NO/c7-2-1-3(11-12)5(9)6(10)4(2)8/h1H. The van der Waals surface area contributed by atoms with Gasteiger partial charge in [-0.2, -0.15) is 0 Å². The minimum Gasteiger partial charge on any atom is -0.204 e. The highest BCUT2D eigenvalue weighted by molar-refractivity contribution is 5.39. The van der Waals surface area contributed by atoms with Crippen LogP contribution in [0.4, 0.5) is 23.2 Å². The van der Waals surface area contributed by atoms with Crippen LogP contribution in [0.15, 0.2) is 11.2 Å². The molecule has 12 heavy (non-hydrogen) atoms. The molecular weight excluding hydrogens is 178 g/mol. The lowest BCUT2D eigenvalue weighted by Gasteiger charge is -1.97. The van der Waals surface area contributed by atoms with E-state index in [2.05, 4.69) is 0 Å². The van der Waals surface area contributed by atoms with Gasteiger partial charge in [0.25, 0.3) is 0 Å². The van der Waals surface area contributed by atoms with Crippen LogP contribution in [0, 0.1) is 28.2 Å². The second-order valence-electron chi connectivity index (χ2n) is 1.91. The van der Waals surface area contributed by atoms with Gasteiger partial charge in [-0.1, -0.05) is 0 Å². The van der Waals surface area contributed by atoms with E-state index < -0.39 is 29.0 Å². The molecule has 0 bridgehead atoms. The average Bonchev–Trinajstić information content (AvgIpc) is 2.08. The highest BCUT2D eigenvalue weighted by Crippen LogP contribution is 2.24. The fraction of sp³-hybridized carbons (Fsp3) is 0. The molecule has 1 aromatic rings. The van der Waals surface area contributed by atoms with Crippen LogP contribution in [0.5, 0.6) is 0 Å². The van der Waals surface area contributed by atoms with Gasteiger partial charge in [0.1, 0.15) is 5.69 Å². The Morgan fingerprint density at radius 1 is 1.00 bits per heavy atom. The van der Waals surface area contributed by atoms with E-state index in [1.54, 1.807) is 0 Å². The fourth-order valence-electron chi connectivity index (χ4n) is 0.627. The molecule has 1 rings (SSSR count). The second kappa shape index (κ2) is 2.88. The lowest BCUT2D eigenvalue weighted by Crippen LogP contribution is -1.94. The van der Waals surface area contributed by atoms with E-state index in [1.165, 1.54) is 0 Å². The van der Waals surface area contributed by atoms with E-state index in [0.29, 0.717) is 0 Å². The highest BCUT2D eigenvalue weighted by atomic mass is 19.2. The smallest absolute Gasteiger partial charge is 0.199 e. The summed E-state index contributed by atoms with van der Waals surface area (Å²) in [5, 5.41) is 1.96. The number of benzene rings is 1. The number of rotatable bonds is 1. The Bertz CT molecular complexity index is 339. The first-order valence-corrected chi connectivity index (χ1v) is 2.74. The van der Waals surface area contributed by atoms with Crippen molar-refractivity contribution in [3.63, 3.8) is 0 Å². The molecule has 0 saturated heterocycles. The quantitative estimate of drug-likeness (QED) is 0.282. The van der Waals surface area contributed by atoms with Crippen LogP contribution in [0.25, 0.3) is 0 Å². The first-order chi connectivity index (χ1) is 5.57. The maximum Gasteiger partial charge on any atom is 0.199 e. The Labute approximate surface area is 63.8 Å². The number of halogens is 4. The molecule has 0 atom stereocenters. The van der Waals surface area contributed by atoms with Crippen LogP contribution >= 0.6 is 0 Å². The van der Waals surface area contributed by atoms with Crippen LogP contribution in [0.3, 0.4) is 0 Å². The first kappa shape index (κ1) is 8.63. The monoisotopic (exact) mass is 179 g/mol. The van der Waals surface area contributed by atoms with Gasteiger partial charge in [-0.3, -0.25) is 0 Å². The lowest BCUT2D eigenvalue weighted by atomic mass is 10.3. The summed E-state index contributed by atoms with van der Waals surface area (Å²) < 4.78 is 49.0. The van der Waals surface area contributed by atoms with Gasteiger partial charge in [0.15, 0.2) is 23.3 Å². The molecule has 0 aromatic heterocycles. The molecule has 6 heteroatoms. The molecule has 0 spiro atoms. The Kier molecular flexibility index (Phi) is 2.07. The summed E-state index contributed by atoms with van der Waals surface area (Å²) in [6, 6.07) is 0.181.